The van der Waals surface area contributed by atoms with E-state index in [1.54, 1.807) is 17.0 Å². The fourth-order valence-corrected chi connectivity index (χ4v) is 5.31. The molecule has 0 unspecified atom stereocenters. The Balaban J connectivity index is 1.29. The summed E-state index contributed by atoms with van der Waals surface area (Å²) in [6, 6.07) is 23.2. The van der Waals surface area contributed by atoms with Gasteiger partial charge in [0.1, 0.15) is 17.9 Å². The Hall–Kier alpha value is -4.20. The Morgan fingerprint density at radius 2 is 1.58 bits per heavy atom. The molecule has 0 aromatic heterocycles. The molecule has 2 heterocycles. The van der Waals surface area contributed by atoms with E-state index in [9.17, 15) is 18.8 Å². The average molecular weight is 515 g/mol. The van der Waals surface area contributed by atoms with Crippen LogP contribution in [0.25, 0.3) is 0 Å². The standard InChI is InChI=1S/C30H31FN4O3/c1-22-7-11-24(12-8-22)28(37)33-17-15-30(16-18-33)29(38)34(21-35(30)26-5-3-2-4-6-26)20-27(36)32-19-23-9-13-25(31)14-10-23/h2-14H,15-21H2,1H3,(H,32,36). The maximum atomic E-state index is 13.9. The van der Waals surface area contributed by atoms with E-state index in [4.69, 9.17) is 0 Å². The normalized spacial score (nSPS) is 16.7. The summed E-state index contributed by atoms with van der Waals surface area (Å²) < 4.78 is 13.2. The zero-order chi connectivity index (χ0) is 26.7. The van der Waals surface area contributed by atoms with E-state index in [2.05, 4.69) is 10.2 Å². The van der Waals surface area contributed by atoms with Crippen molar-refractivity contribution in [2.75, 3.05) is 31.2 Å². The van der Waals surface area contributed by atoms with E-state index < -0.39 is 5.54 Å². The van der Waals surface area contributed by atoms with Gasteiger partial charge in [0.15, 0.2) is 0 Å². The second-order valence-corrected chi connectivity index (χ2v) is 10.0. The van der Waals surface area contributed by atoms with Crippen LogP contribution in [-0.2, 0) is 16.1 Å². The number of carbonyl (C=O) groups excluding carboxylic acids is 3. The van der Waals surface area contributed by atoms with Gasteiger partial charge in [0.05, 0.1) is 6.67 Å². The predicted molar refractivity (Wildman–Crippen MR) is 143 cm³/mol. The molecule has 3 aromatic carbocycles. The third kappa shape index (κ3) is 5.11. The fraction of sp³-hybridized carbons (Fsp3) is 0.300. The molecule has 38 heavy (non-hydrogen) atoms. The molecule has 2 saturated heterocycles. The Morgan fingerprint density at radius 3 is 2.24 bits per heavy atom. The van der Waals surface area contributed by atoms with Gasteiger partial charge in [-0.2, -0.15) is 0 Å². The summed E-state index contributed by atoms with van der Waals surface area (Å²) in [5.41, 5.74) is 2.61. The van der Waals surface area contributed by atoms with Crippen molar-refractivity contribution in [1.29, 1.82) is 0 Å². The molecule has 0 bridgehead atoms. The van der Waals surface area contributed by atoms with Gasteiger partial charge in [-0.05, 0) is 61.7 Å². The lowest BCUT2D eigenvalue weighted by atomic mass is 9.85. The molecule has 3 aromatic rings. The number of carbonyl (C=O) groups is 3. The SMILES string of the molecule is Cc1ccc(C(=O)N2CCC3(CC2)C(=O)N(CC(=O)NCc2ccc(F)cc2)CN3c2ccccc2)cc1. The molecule has 0 aliphatic carbocycles. The number of anilines is 1. The number of piperidine rings is 1. The van der Waals surface area contributed by atoms with Crippen LogP contribution < -0.4 is 10.2 Å². The summed E-state index contributed by atoms with van der Waals surface area (Å²) in [4.78, 5) is 45.2. The second kappa shape index (κ2) is 10.7. The molecule has 2 aliphatic rings. The van der Waals surface area contributed by atoms with Crippen molar-refractivity contribution in [2.45, 2.75) is 31.8 Å². The number of likely N-dealkylation sites (tertiary alicyclic amines) is 1. The predicted octanol–water partition coefficient (Wildman–Crippen LogP) is 3.73. The molecule has 1 spiro atoms. The van der Waals surface area contributed by atoms with Crippen LogP contribution in [0.3, 0.4) is 0 Å². The molecule has 5 rings (SSSR count). The number of hydrogen-bond acceptors (Lipinski definition) is 4. The molecule has 196 valence electrons. The monoisotopic (exact) mass is 514 g/mol. The number of rotatable bonds is 6. The average Bonchev–Trinajstić information content (AvgIpc) is 3.20. The highest BCUT2D eigenvalue weighted by atomic mass is 19.1. The summed E-state index contributed by atoms with van der Waals surface area (Å²) in [6.45, 7) is 3.36. The number of nitrogens with zero attached hydrogens (tertiary/aromatic N) is 3. The van der Waals surface area contributed by atoms with Crippen LogP contribution in [0.1, 0.15) is 34.3 Å². The van der Waals surface area contributed by atoms with Crippen molar-refractivity contribution in [3.63, 3.8) is 0 Å². The number of nitrogens with one attached hydrogen (secondary N) is 1. The van der Waals surface area contributed by atoms with Gasteiger partial charge < -0.3 is 20.0 Å². The number of amides is 3. The third-order valence-corrected chi connectivity index (χ3v) is 7.50. The highest BCUT2D eigenvalue weighted by molar-refractivity contribution is 5.97. The van der Waals surface area contributed by atoms with Gasteiger partial charge in [-0.25, -0.2) is 4.39 Å². The van der Waals surface area contributed by atoms with Crippen molar-refractivity contribution in [3.05, 3.63) is 101 Å². The van der Waals surface area contributed by atoms with E-state index in [1.165, 1.54) is 12.1 Å². The minimum atomic E-state index is -0.817. The van der Waals surface area contributed by atoms with Crippen LogP contribution in [0, 0.1) is 12.7 Å². The van der Waals surface area contributed by atoms with Crippen molar-refractivity contribution in [2.24, 2.45) is 0 Å². The van der Waals surface area contributed by atoms with Crippen LogP contribution in [0.5, 0.6) is 0 Å². The number of halogens is 1. The van der Waals surface area contributed by atoms with Crippen LogP contribution in [0.4, 0.5) is 10.1 Å². The van der Waals surface area contributed by atoms with Gasteiger partial charge in [-0.3, -0.25) is 14.4 Å². The number of hydrogen-bond donors (Lipinski definition) is 1. The van der Waals surface area contributed by atoms with Crippen LogP contribution in [0.2, 0.25) is 0 Å². The molecule has 2 aliphatic heterocycles. The maximum absolute atomic E-state index is 13.9. The van der Waals surface area contributed by atoms with Crippen LogP contribution >= 0.6 is 0 Å². The Kier molecular flexibility index (Phi) is 7.13. The molecule has 0 saturated carbocycles. The second-order valence-electron chi connectivity index (χ2n) is 10.0. The van der Waals surface area contributed by atoms with E-state index in [0.717, 1.165) is 16.8 Å². The van der Waals surface area contributed by atoms with Gasteiger partial charge in [0, 0.05) is 30.9 Å². The zero-order valence-corrected chi connectivity index (χ0v) is 21.4. The first-order valence-electron chi connectivity index (χ1n) is 12.8. The lowest BCUT2D eigenvalue weighted by molar-refractivity contribution is -0.137. The minimum Gasteiger partial charge on any atom is -0.350 e. The van der Waals surface area contributed by atoms with Gasteiger partial charge in [0.2, 0.25) is 5.91 Å². The first-order chi connectivity index (χ1) is 18.4. The first-order valence-corrected chi connectivity index (χ1v) is 12.8. The molecule has 1 N–H and O–H groups in total. The largest absolute Gasteiger partial charge is 0.350 e. The minimum absolute atomic E-state index is 0.0337. The topological polar surface area (TPSA) is 73.0 Å². The lowest BCUT2D eigenvalue weighted by Crippen LogP contribution is -2.57. The number of aryl methyl sites for hydroxylation is 1. The summed E-state index contributed by atoms with van der Waals surface area (Å²) in [7, 11) is 0. The first kappa shape index (κ1) is 25.4. The summed E-state index contributed by atoms with van der Waals surface area (Å²) in [5, 5.41) is 2.83. The maximum Gasteiger partial charge on any atom is 0.253 e. The smallest absolute Gasteiger partial charge is 0.253 e. The van der Waals surface area contributed by atoms with Crippen molar-refractivity contribution in [1.82, 2.24) is 15.1 Å². The van der Waals surface area contributed by atoms with Gasteiger partial charge in [-0.1, -0.05) is 48.0 Å². The molecule has 3 amide bonds. The van der Waals surface area contributed by atoms with E-state index >= 15 is 0 Å². The zero-order valence-electron chi connectivity index (χ0n) is 21.4. The molecule has 8 heteroatoms. The Morgan fingerprint density at radius 1 is 0.921 bits per heavy atom. The number of para-hydroxylation sites is 1. The molecular weight excluding hydrogens is 483 g/mol. The molecule has 0 radical (unpaired) electrons. The number of benzene rings is 3. The van der Waals surface area contributed by atoms with E-state index in [1.807, 2.05) is 66.4 Å². The fourth-order valence-electron chi connectivity index (χ4n) is 5.31. The Labute approximate surface area is 221 Å². The summed E-state index contributed by atoms with van der Waals surface area (Å²) in [6.07, 6.45) is 0.956. The van der Waals surface area contributed by atoms with E-state index in [0.29, 0.717) is 38.2 Å². The molecule has 2 fully saturated rings. The van der Waals surface area contributed by atoms with Gasteiger partial charge in [0.25, 0.3) is 11.8 Å². The molecule has 0 atom stereocenters. The van der Waals surface area contributed by atoms with Crippen molar-refractivity contribution in [3.8, 4) is 0 Å². The van der Waals surface area contributed by atoms with E-state index in [-0.39, 0.29) is 36.6 Å². The third-order valence-electron chi connectivity index (χ3n) is 7.50. The molecular formula is C30H31FN4O3. The summed E-state index contributed by atoms with van der Waals surface area (Å²) in [5.74, 6) is -0.741. The van der Waals surface area contributed by atoms with Gasteiger partial charge in [-0.15, -0.1) is 0 Å². The molecule has 7 nitrogen and oxygen atoms in total. The van der Waals surface area contributed by atoms with Crippen LogP contribution in [0.15, 0.2) is 78.9 Å². The highest BCUT2D eigenvalue weighted by Crippen LogP contribution is 2.39. The Bertz CT molecular complexity index is 1300. The summed E-state index contributed by atoms with van der Waals surface area (Å²) >= 11 is 0. The van der Waals surface area contributed by atoms with Crippen LogP contribution in [-0.4, -0.2) is 59.4 Å². The van der Waals surface area contributed by atoms with Gasteiger partial charge >= 0.3 is 0 Å². The highest BCUT2D eigenvalue weighted by Gasteiger charge is 2.54. The van der Waals surface area contributed by atoms with Crippen molar-refractivity contribution >= 4 is 23.4 Å². The van der Waals surface area contributed by atoms with Crippen molar-refractivity contribution < 1.29 is 18.8 Å². The lowest BCUT2D eigenvalue weighted by Gasteiger charge is -2.43. The quantitative estimate of drug-likeness (QED) is 0.544.